The zero-order chi connectivity index (χ0) is 24.0. The van der Waals surface area contributed by atoms with Crippen LogP contribution in [0.5, 0.6) is 0 Å². The van der Waals surface area contributed by atoms with Crippen LogP contribution in [0.4, 0.5) is 0 Å². The highest BCUT2D eigenvalue weighted by Crippen LogP contribution is 2.39. The number of aryl methyl sites for hydroxylation is 1. The van der Waals surface area contributed by atoms with Crippen molar-refractivity contribution in [2.24, 2.45) is 0 Å². The lowest BCUT2D eigenvalue weighted by molar-refractivity contribution is 0.0599. The summed E-state index contributed by atoms with van der Waals surface area (Å²) >= 11 is 6.39. The van der Waals surface area contributed by atoms with Gasteiger partial charge in [0.05, 0.1) is 29.7 Å². The Morgan fingerprint density at radius 1 is 1.06 bits per heavy atom. The van der Waals surface area contributed by atoms with Crippen LogP contribution in [0.2, 0.25) is 5.02 Å². The highest BCUT2D eigenvalue weighted by molar-refractivity contribution is 6.31. The second-order valence-corrected chi connectivity index (χ2v) is 8.62. The number of carbonyl (C=O) groups is 2. The smallest absolute Gasteiger partial charge is 0.337 e. The topological polar surface area (TPSA) is 76.8 Å². The normalized spacial score (nSPS) is 15.0. The van der Waals surface area contributed by atoms with Gasteiger partial charge in [-0.05, 0) is 48.4 Å². The molecule has 0 aliphatic carbocycles. The van der Waals surface area contributed by atoms with Gasteiger partial charge in [-0.25, -0.2) is 4.79 Å². The van der Waals surface area contributed by atoms with Crippen molar-refractivity contribution in [1.82, 2.24) is 4.90 Å². The fraction of sp³-hybridized carbons (Fsp3) is 0.148. The van der Waals surface area contributed by atoms with E-state index < -0.39 is 17.9 Å². The minimum absolute atomic E-state index is 0.0236. The standard InChI is InChI=1S/C27H20ClNO5/c1-15-7-12-21-19(13-15)24(30)22-23(16-8-10-17(11-9-16)27(32)33-2)29(26(31)25(22)34-21)14-18-5-3-4-6-20(18)28/h3-13,23H,14H2,1-2H3/t23-/m1/s1. The van der Waals surface area contributed by atoms with Crippen LogP contribution in [0, 0.1) is 6.92 Å². The molecule has 0 saturated heterocycles. The zero-order valence-corrected chi connectivity index (χ0v) is 19.3. The van der Waals surface area contributed by atoms with Crippen molar-refractivity contribution in [3.63, 3.8) is 0 Å². The molecule has 1 atom stereocenters. The third kappa shape index (κ3) is 3.56. The van der Waals surface area contributed by atoms with Gasteiger partial charge in [0.25, 0.3) is 5.91 Å². The quantitative estimate of drug-likeness (QED) is 0.376. The first kappa shape index (κ1) is 21.9. The summed E-state index contributed by atoms with van der Waals surface area (Å²) in [5.74, 6) is -0.838. The van der Waals surface area contributed by atoms with E-state index in [0.29, 0.717) is 27.1 Å². The molecule has 0 spiro atoms. The predicted molar refractivity (Wildman–Crippen MR) is 128 cm³/mol. The Morgan fingerprint density at radius 3 is 2.50 bits per heavy atom. The molecule has 0 saturated carbocycles. The maximum Gasteiger partial charge on any atom is 0.337 e. The number of hydrogen-bond donors (Lipinski definition) is 0. The number of ether oxygens (including phenoxy) is 1. The first-order valence-electron chi connectivity index (χ1n) is 10.7. The first-order chi connectivity index (χ1) is 16.4. The summed E-state index contributed by atoms with van der Waals surface area (Å²) in [5, 5.41) is 0.938. The van der Waals surface area contributed by atoms with Crippen LogP contribution in [0.15, 0.2) is 75.9 Å². The van der Waals surface area contributed by atoms with Crippen molar-refractivity contribution < 1.29 is 18.7 Å². The second-order valence-electron chi connectivity index (χ2n) is 8.21. The summed E-state index contributed by atoms with van der Waals surface area (Å²) in [5.41, 5.74) is 3.09. The number of benzene rings is 3. The Labute approximate surface area is 200 Å². The monoisotopic (exact) mass is 473 g/mol. The lowest BCUT2D eigenvalue weighted by Gasteiger charge is -2.25. The first-order valence-corrected chi connectivity index (χ1v) is 11.1. The van der Waals surface area contributed by atoms with Gasteiger partial charge in [-0.3, -0.25) is 9.59 Å². The Balaban J connectivity index is 1.70. The van der Waals surface area contributed by atoms with Gasteiger partial charge in [0.1, 0.15) is 5.58 Å². The Morgan fingerprint density at radius 2 is 1.79 bits per heavy atom. The van der Waals surface area contributed by atoms with Gasteiger partial charge < -0.3 is 14.1 Å². The number of nitrogens with zero attached hydrogens (tertiary/aromatic N) is 1. The molecule has 0 unspecified atom stereocenters. The van der Waals surface area contributed by atoms with E-state index >= 15 is 0 Å². The fourth-order valence-corrected chi connectivity index (χ4v) is 4.57. The van der Waals surface area contributed by atoms with Crippen molar-refractivity contribution >= 4 is 34.4 Å². The molecule has 170 valence electrons. The Hall–Kier alpha value is -3.90. The van der Waals surface area contributed by atoms with Crippen molar-refractivity contribution in [3.8, 4) is 0 Å². The summed E-state index contributed by atoms with van der Waals surface area (Å²) in [6.07, 6.45) is 0. The number of amides is 1. The van der Waals surface area contributed by atoms with Crippen LogP contribution in [0.25, 0.3) is 11.0 Å². The molecule has 1 aliphatic heterocycles. The van der Waals surface area contributed by atoms with Crippen LogP contribution in [-0.2, 0) is 11.3 Å². The summed E-state index contributed by atoms with van der Waals surface area (Å²) < 4.78 is 10.8. The average molecular weight is 474 g/mol. The number of rotatable bonds is 4. The van der Waals surface area contributed by atoms with Gasteiger partial charge in [-0.1, -0.05) is 53.6 Å². The molecule has 34 heavy (non-hydrogen) atoms. The van der Waals surface area contributed by atoms with Gasteiger partial charge in [-0.2, -0.15) is 0 Å². The molecular weight excluding hydrogens is 454 g/mol. The summed E-state index contributed by atoms with van der Waals surface area (Å²) in [7, 11) is 1.31. The van der Waals surface area contributed by atoms with Gasteiger partial charge in [0.2, 0.25) is 5.76 Å². The lowest BCUT2D eigenvalue weighted by atomic mass is 9.97. The van der Waals surface area contributed by atoms with Crippen molar-refractivity contribution in [1.29, 1.82) is 0 Å². The van der Waals surface area contributed by atoms with E-state index in [1.807, 2.05) is 31.2 Å². The van der Waals surface area contributed by atoms with E-state index in [1.165, 1.54) is 7.11 Å². The average Bonchev–Trinajstić information content (AvgIpc) is 3.12. The number of fused-ring (bicyclic) bond motifs is 2. The molecule has 6 nitrogen and oxygen atoms in total. The van der Waals surface area contributed by atoms with E-state index in [4.69, 9.17) is 20.8 Å². The van der Waals surface area contributed by atoms with E-state index in [2.05, 4.69) is 0 Å². The molecule has 0 N–H and O–H groups in total. The SMILES string of the molecule is COC(=O)c1ccc([C@@H]2c3c(oc4ccc(C)cc4c3=O)C(=O)N2Cc2ccccc2Cl)cc1. The van der Waals surface area contributed by atoms with Gasteiger partial charge in [-0.15, -0.1) is 0 Å². The van der Waals surface area contributed by atoms with Crippen LogP contribution in [0.1, 0.15) is 49.2 Å². The Kier molecular flexibility index (Phi) is 5.46. The lowest BCUT2D eigenvalue weighted by Crippen LogP contribution is -2.29. The molecule has 0 bridgehead atoms. The number of esters is 1. The molecule has 3 aromatic carbocycles. The van der Waals surface area contributed by atoms with Crippen LogP contribution < -0.4 is 5.43 Å². The molecule has 2 heterocycles. The maximum absolute atomic E-state index is 13.6. The number of carbonyl (C=O) groups excluding carboxylic acids is 2. The van der Waals surface area contributed by atoms with Crippen LogP contribution in [0.3, 0.4) is 0 Å². The zero-order valence-electron chi connectivity index (χ0n) is 18.5. The van der Waals surface area contributed by atoms with E-state index in [0.717, 1.165) is 11.1 Å². The molecular formula is C27H20ClNO5. The molecule has 1 amide bonds. The fourth-order valence-electron chi connectivity index (χ4n) is 4.37. The molecule has 0 radical (unpaired) electrons. The van der Waals surface area contributed by atoms with Crippen molar-refractivity contribution in [3.05, 3.63) is 116 Å². The maximum atomic E-state index is 13.6. The molecule has 1 aliphatic rings. The van der Waals surface area contributed by atoms with Gasteiger partial charge >= 0.3 is 5.97 Å². The van der Waals surface area contributed by atoms with E-state index in [9.17, 15) is 14.4 Å². The highest BCUT2D eigenvalue weighted by Gasteiger charge is 2.43. The minimum Gasteiger partial charge on any atom is -0.465 e. The molecule has 0 fully saturated rings. The van der Waals surface area contributed by atoms with Crippen molar-refractivity contribution in [2.45, 2.75) is 19.5 Å². The highest BCUT2D eigenvalue weighted by atomic mass is 35.5. The third-order valence-electron chi connectivity index (χ3n) is 6.07. The molecule has 7 heteroatoms. The van der Waals surface area contributed by atoms with Crippen LogP contribution >= 0.6 is 11.6 Å². The Bertz CT molecular complexity index is 1510. The van der Waals surface area contributed by atoms with Gasteiger partial charge in [0, 0.05) is 11.6 Å². The molecule has 1 aromatic heterocycles. The van der Waals surface area contributed by atoms with Crippen molar-refractivity contribution in [2.75, 3.05) is 7.11 Å². The van der Waals surface area contributed by atoms with Gasteiger partial charge in [0.15, 0.2) is 5.43 Å². The number of methoxy groups -OCH3 is 1. The summed E-state index contributed by atoms with van der Waals surface area (Å²) in [4.78, 5) is 40.7. The van der Waals surface area contributed by atoms with E-state index in [-0.39, 0.29) is 23.3 Å². The number of hydrogen-bond acceptors (Lipinski definition) is 5. The summed E-state index contributed by atoms with van der Waals surface area (Å²) in [6.45, 7) is 2.07. The predicted octanol–water partition coefficient (Wildman–Crippen LogP) is 5.29. The van der Waals surface area contributed by atoms with Crippen LogP contribution in [-0.4, -0.2) is 23.9 Å². The molecule has 4 aromatic rings. The number of halogens is 1. The third-order valence-corrected chi connectivity index (χ3v) is 6.44. The van der Waals surface area contributed by atoms with E-state index in [1.54, 1.807) is 47.4 Å². The summed E-state index contributed by atoms with van der Waals surface area (Å²) in [6, 6.07) is 18.5. The minimum atomic E-state index is -0.702. The molecule has 5 rings (SSSR count). The largest absolute Gasteiger partial charge is 0.465 e. The second kappa shape index (κ2) is 8.47.